The van der Waals surface area contributed by atoms with E-state index in [0.717, 1.165) is 38.9 Å². The number of fused-ring (bicyclic) bond motifs is 1. The number of β-lactam (4-membered cyclic amide) rings is 1. The van der Waals surface area contributed by atoms with E-state index in [-0.39, 0.29) is 23.7 Å². The Morgan fingerprint density at radius 2 is 1.23 bits per heavy atom. The molecule has 2 aliphatic heterocycles. The summed E-state index contributed by atoms with van der Waals surface area (Å²) in [5.41, 5.74) is 4.12. The Balaban J connectivity index is 0.980. The van der Waals surface area contributed by atoms with Crippen LogP contribution in [0.1, 0.15) is 50.4 Å². The van der Waals surface area contributed by atoms with Crippen LogP contribution in [0.15, 0.2) is 251 Å². The van der Waals surface area contributed by atoms with Gasteiger partial charge in [-0.25, -0.2) is 9.78 Å². The van der Waals surface area contributed by atoms with E-state index >= 15 is 4.79 Å². The second-order valence-electron chi connectivity index (χ2n) is 18.2. The highest BCUT2D eigenvalue weighted by Gasteiger charge is 2.55. The molecule has 2 atom stereocenters. The Hall–Kier alpha value is -9.31. The third kappa shape index (κ3) is 10.1. The van der Waals surface area contributed by atoms with E-state index in [4.69, 9.17) is 29.0 Å². The van der Waals surface area contributed by atoms with Crippen LogP contribution in [0.2, 0.25) is 0 Å². The van der Waals surface area contributed by atoms with Crippen molar-refractivity contribution >= 4 is 57.8 Å². The lowest BCUT2D eigenvalue weighted by Crippen LogP contribution is -2.71. The molecule has 78 heavy (non-hydrogen) atoms. The summed E-state index contributed by atoms with van der Waals surface area (Å²) in [7, 11) is 1.57. The molecule has 2 N–H and O–H groups in total. The predicted octanol–water partition coefficient (Wildman–Crippen LogP) is 11.4. The lowest BCUT2D eigenvalue weighted by molar-refractivity contribution is -0.153. The standard InChI is InChI=1S/C63H50N6O7S2/c1-73-51-35-32-43(33-36-51)40-74-60(72)56-44(34-37-52-38-39-64-75-52)41-77-59-55(58(71)69(56)59)66-57(70)54(68-76-63(48-26-14-5-15-27-48,49-28-16-6-17-29-49)50-30-18-7-19-31-50)53-42-78-61(65-53)67-62(45-20-8-2-9-21-45,46-22-10-3-11-23-46)47-24-12-4-13-25-47/h2-39,42,55,59H,40-41H2,1H3,(H,65,67)(H,66,70)/b37-34-,68-54-/t55-,59-/m1/s1. The SMILES string of the molecule is COc1ccc(COC(=O)C2=C(/C=C\c3ccno3)CS[C@@H]3[C@H](NC(=O)/C(=N\OC(c4ccccc4)(c4ccccc4)c4ccccc4)c4csc(NC(c5ccccc5)(c5ccccc5)c5ccccc5)n4)C(=O)N23)cc1. The zero-order valence-corrected chi connectivity index (χ0v) is 43.7. The monoisotopic (exact) mass is 1070 g/mol. The summed E-state index contributed by atoms with van der Waals surface area (Å²) < 4.78 is 16.5. The number of allylic oxidation sites excluding steroid dienone is 1. The van der Waals surface area contributed by atoms with Crippen molar-refractivity contribution in [3.63, 3.8) is 0 Å². The molecule has 2 aromatic heterocycles. The largest absolute Gasteiger partial charge is 0.497 e. The maximum absolute atomic E-state index is 15.4. The smallest absolute Gasteiger partial charge is 0.355 e. The number of thioether (sulfide) groups is 1. The highest BCUT2D eigenvalue weighted by atomic mass is 32.2. The minimum Gasteiger partial charge on any atom is -0.497 e. The minimum absolute atomic E-state index is 0.0584. The first-order chi connectivity index (χ1) is 38.4. The minimum atomic E-state index is -1.38. The fourth-order valence-electron chi connectivity index (χ4n) is 9.78. The van der Waals surface area contributed by atoms with E-state index in [9.17, 15) is 9.59 Å². The number of carbonyl (C=O) groups is 3. The zero-order valence-electron chi connectivity index (χ0n) is 42.0. The van der Waals surface area contributed by atoms with Crippen LogP contribution in [0.4, 0.5) is 5.13 Å². The highest BCUT2D eigenvalue weighted by molar-refractivity contribution is 8.00. The lowest BCUT2D eigenvalue weighted by Gasteiger charge is -2.49. The number of nitrogens with zero attached hydrogens (tertiary/aromatic N) is 4. The van der Waals surface area contributed by atoms with Gasteiger partial charge in [0.1, 0.15) is 40.7 Å². The van der Waals surface area contributed by atoms with Gasteiger partial charge >= 0.3 is 5.97 Å². The molecule has 386 valence electrons. The van der Waals surface area contributed by atoms with E-state index < -0.39 is 40.3 Å². The molecular formula is C63H50N6O7S2. The van der Waals surface area contributed by atoms with Gasteiger partial charge in [-0.05, 0) is 46.0 Å². The van der Waals surface area contributed by atoms with Crippen LogP contribution in [0.5, 0.6) is 5.75 Å². The van der Waals surface area contributed by atoms with Gasteiger partial charge in [0.15, 0.2) is 16.6 Å². The van der Waals surface area contributed by atoms with Crippen molar-refractivity contribution in [3.05, 3.63) is 292 Å². The Morgan fingerprint density at radius 1 is 0.705 bits per heavy atom. The third-order valence-electron chi connectivity index (χ3n) is 13.6. The Kier molecular flexibility index (Phi) is 14.9. The number of nitrogens with one attached hydrogen (secondary N) is 2. The van der Waals surface area contributed by atoms with Crippen molar-refractivity contribution in [3.8, 4) is 5.75 Å². The van der Waals surface area contributed by atoms with Gasteiger partial charge in [0, 0.05) is 33.9 Å². The highest BCUT2D eigenvalue weighted by Crippen LogP contribution is 2.44. The van der Waals surface area contributed by atoms with Gasteiger partial charge in [0.2, 0.25) is 5.60 Å². The maximum atomic E-state index is 15.4. The van der Waals surface area contributed by atoms with Gasteiger partial charge in [0.25, 0.3) is 11.8 Å². The Bertz CT molecular complexity index is 3410. The van der Waals surface area contributed by atoms with Gasteiger partial charge in [-0.1, -0.05) is 211 Å². The van der Waals surface area contributed by atoms with Crippen LogP contribution in [0.3, 0.4) is 0 Å². The van der Waals surface area contributed by atoms with Gasteiger partial charge in [-0.15, -0.1) is 23.1 Å². The number of carbonyl (C=O) groups excluding carboxylic acids is 3. The van der Waals surface area contributed by atoms with E-state index in [0.29, 0.717) is 28.0 Å². The number of esters is 1. The molecule has 13 nitrogen and oxygen atoms in total. The van der Waals surface area contributed by atoms with Gasteiger partial charge in [-0.2, -0.15) is 0 Å². The fourth-order valence-corrected chi connectivity index (χ4v) is 11.8. The number of methoxy groups -OCH3 is 1. The molecule has 9 aromatic rings. The van der Waals surface area contributed by atoms with E-state index in [2.05, 4.69) is 52.2 Å². The number of anilines is 1. The van der Waals surface area contributed by atoms with E-state index in [1.165, 1.54) is 34.2 Å². The first kappa shape index (κ1) is 50.8. The van der Waals surface area contributed by atoms with Crippen molar-refractivity contribution in [2.24, 2.45) is 5.16 Å². The molecule has 2 amide bonds. The van der Waals surface area contributed by atoms with Gasteiger partial charge in [0.05, 0.1) is 13.3 Å². The predicted molar refractivity (Wildman–Crippen MR) is 302 cm³/mol. The van der Waals surface area contributed by atoms with Crippen LogP contribution in [0.25, 0.3) is 6.08 Å². The van der Waals surface area contributed by atoms with Crippen molar-refractivity contribution in [2.75, 3.05) is 18.2 Å². The Morgan fingerprint density at radius 3 is 1.73 bits per heavy atom. The van der Waals surface area contributed by atoms with Crippen LogP contribution < -0.4 is 15.4 Å². The summed E-state index contributed by atoms with van der Waals surface area (Å²) in [5, 5.41) is 17.0. The summed E-state index contributed by atoms with van der Waals surface area (Å²) in [5.74, 6) is -0.544. The maximum Gasteiger partial charge on any atom is 0.355 e. The van der Waals surface area contributed by atoms with E-state index in [1.807, 2.05) is 146 Å². The molecule has 2 aliphatic rings. The average molecular weight is 1070 g/mol. The number of hydrogen-bond donors (Lipinski definition) is 2. The third-order valence-corrected chi connectivity index (χ3v) is 15.7. The summed E-state index contributed by atoms with van der Waals surface area (Å²) in [4.78, 5) is 57.8. The van der Waals surface area contributed by atoms with Crippen LogP contribution in [-0.2, 0) is 41.7 Å². The number of ether oxygens (including phenoxy) is 2. The van der Waals surface area contributed by atoms with Crippen molar-refractivity contribution in [1.29, 1.82) is 0 Å². The van der Waals surface area contributed by atoms with Gasteiger partial charge < -0.3 is 29.5 Å². The number of thiazole rings is 1. The molecule has 0 saturated carbocycles. The fraction of sp³-hybridized carbons (Fsp3) is 0.111. The molecule has 11 rings (SSSR count). The molecule has 4 heterocycles. The van der Waals surface area contributed by atoms with Crippen molar-refractivity contribution in [2.45, 2.75) is 29.2 Å². The lowest BCUT2D eigenvalue weighted by atomic mass is 9.77. The second-order valence-corrected chi connectivity index (χ2v) is 20.2. The number of amides is 2. The number of benzene rings is 7. The number of hydrogen-bond acceptors (Lipinski definition) is 13. The quantitative estimate of drug-likeness (QED) is 0.0261. The molecule has 15 heteroatoms. The topological polar surface area (TPSA) is 157 Å². The zero-order chi connectivity index (χ0) is 53.3. The molecular weight excluding hydrogens is 1020 g/mol. The average Bonchev–Trinajstić information content (AvgIpc) is 4.34. The van der Waals surface area contributed by atoms with Crippen LogP contribution in [-0.4, -0.2) is 62.8 Å². The summed E-state index contributed by atoms with van der Waals surface area (Å²) in [6.07, 6.45) is 4.90. The molecule has 0 spiro atoms. The number of aromatic nitrogens is 2. The second kappa shape index (κ2) is 22.9. The van der Waals surface area contributed by atoms with Crippen molar-refractivity contribution < 1.29 is 33.2 Å². The molecule has 1 saturated heterocycles. The summed E-state index contributed by atoms with van der Waals surface area (Å²) in [6, 6.07) is 67.2. The molecule has 0 radical (unpaired) electrons. The van der Waals surface area contributed by atoms with E-state index in [1.54, 1.807) is 55.0 Å². The Labute approximate surface area is 458 Å². The molecule has 7 aromatic carbocycles. The van der Waals surface area contributed by atoms with Gasteiger partial charge in [-0.3, -0.25) is 14.5 Å². The summed E-state index contributed by atoms with van der Waals surface area (Å²) in [6.45, 7) is -0.0602. The van der Waals surface area contributed by atoms with Crippen LogP contribution >= 0.6 is 23.1 Å². The normalized spacial score (nSPS) is 15.5. The molecule has 1 fully saturated rings. The first-order valence-corrected chi connectivity index (χ1v) is 27.0. The molecule has 0 unspecified atom stereocenters. The molecule has 0 bridgehead atoms. The first-order valence-electron chi connectivity index (χ1n) is 25.1. The van der Waals surface area contributed by atoms with Crippen molar-refractivity contribution in [1.82, 2.24) is 20.4 Å². The summed E-state index contributed by atoms with van der Waals surface area (Å²) >= 11 is 2.69. The number of rotatable bonds is 19. The van der Waals surface area contributed by atoms with Crippen LogP contribution in [0, 0.1) is 0 Å². The molecule has 0 aliphatic carbocycles. The number of oxime groups is 1.